The third-order valence-electron chi connectivity index (χ3n) is 3.78. The Balaban J connectivity index is 0.00000208. The molecular formula is C20H19KO2S. The summed E-state index contributed by atoms with van der Waals surface area (Å²) < 4.78 is 0. The van der Waals surface area contributed by atoms with Gasteiger partial charge in [0.05, 0.1) is 5.75 Å². The number of carboxylic acids is 1. The van der Waals surface area contributed by atoms with Gasteiger partial charge in [-0.2, -0.15) is 0 Å². The number of hydrogen-bond acceptors (Lipinski definition) is 1. The molecule has 0 aromatic heterocycles. The van der Waals surface area contributed by atoms with Gasteiger partial charge in [-0.1, -0.05) is 54.6 Å². The molecule has 3 aromatic rings. The maximum absolute atomic E-state index is 11.8. The van der Waals surface area contributed by atoms with Crippen molar-refractivity contribution in [2.45, 2.75) is 14.7 Å². The van der Waals surface area contributed by atoms with E-state index in [0.29, 0.717) is 0 Å². The molecular weight excluding hydrogens is 343 g/mol. The van der Waals surface area contributed by atoms with Gasteiger partial charge in [-0.15, -0.1) is 10.0 Å². The van der Waals surface area contributed by atoms with Crippen molar-refractivity contribution < 1.29 is 9.90 Å². The third-order valence-corrected chi connectivity index (χ3v) is 7.69. The molecule has 0 aliphatic heterocycles. The molecule has 0 saturated heterocycles. The Morgan fingerprint density at radius 2 is 0.958 bits per heavy atom. The molecule has 0 amide bonds. The average Bonchev–Trinajstić information content (AvgIpc) is 2.62. The summed E-state index contributed by atoms with van der Waals surface area (Å²) in [6.45, 7) is 0. The van der Waals surface area contributed by atoms with E-state index in [1.165, 1.54) is 0 Å². The summed E-state index contributed by atoms with van der Waals surface area (Å²) in [7, 11) is -1.83. The van der Waals surface area contributed by atoms with Gasteiger partial charge in [0.25, 0.3) is 0 Å². The van der Waals surface area contributed by atoms with Crippen molar-refractivity contribution in [1.82, 2.24) is 0 Å². The molecule has 0 bridgehead atoms. The molecule has 4 heteroatoms. The van der Waals surface area contributed by atoms with Gasteiger partial charge in [0.15, 0.2) is 0 Å². The first-order valence-electron chi connectivity index (χ1n) is 7.41. The van der Waals surface area contributed by atoms with Crippen molar-refractivity contribution in [2.75, 3.05) is 5.75 Å². The van der Waals surface area contributed by atoms with E-state index in [4.69, 9.17) is 0 Å². The van der Waals surface area contributed by atoms with E-state index in [9.17, 15) is 9.90 Å². The van der Waals surface area contributed by atoms with Crippen LogP contribution in [0.15, 0.2) is 106 Å². The molecule has 1 N–H and O–H groups in total. The van der Waals surface area contributed by atoms with Gasteiger partial charge in [-0.05, 0) is 51.1 Å². The van der Waals surface area contributed by atoms with Crippen LogP contribution < -0.4 is 0 Å². The van der Waals surface area contributed by atoms with E-state index >= 15 is 0 Å². The Morgan fingerprint density at radius 3 is 1.21 bits per heavy atom. The van der Waals surface area contributed by atoms with Crippen LogP contribution in [0.2, 0.25) is 0 Å². The second-order valence-electron chi connectivity index (χ2n) is 5.22. The fraction of sp³-hybridized carbons (Fsp3) is 0.0500. The molecule has 0 fully saturated rings. The molecule has 0 radical (unpaired) electrons. The van der Waals surface area contributed by atoms with E-state index in [1.54, 1.807) is 0 Å². The molecule has 3 aromatic carbocycles. The van der Waals surface area contributed by atoms with Crippen LogP contribution in [0.4, 0.5) is 0 Å². The molecule has 24 heavy (non-hydrogen) atoms. The summed E-state index contributed by atoms with van der Waals surface area (Å²) in [4.78, 5) is 15.0. The van der Waals surface area contributed by atoms with E-state index < -0.39 is 16.0 Å². The Bertz CT molecular complexity index is 680. The Kier molecular flexibility index (Phi) is 7.28. The van der Waals surface area contributed by atoms with Crippen molar-refractivity contribution >= 4 is 67.4 Å². The minimum atomic E-state index is -1.83. The van der Waals surface area contributed by atoms with Crippen molar-refractivity contribution in [2.24, 2.45) is 0 Å². The topological polar surface area (TPSA) is 37.3 Å². The summed E-state index contributed by atoms with van der Waals surface area (Å²) in [6, 6.07) is 30.0. The summed E-state index contributed by atoms with van der Waals surface area (Å²) in [5.41, 5.74) is 0. The summed E-state index contributed by atoms with van der Waals surface area (Å²) in [5, 5.41) is 9.65. The second kappa shape index (κ2) is 8.99. The molecule has 0 unspecified atom stereocenters. The van der Waals surface area contributed by atoms with Crippen molar-refractivity contribution in [1.29, 1.82) is 0 Å². The van der Waals surface area contributed by atoms with Crippen LogP contribution in [0.1, 0.15) is 0 Å². The summed E-state index contributed by atoms with van der Waals surface area (Å²) in [6.07, 6.45) is 0. The van der Waals surface area contributed by atoms with Crippen molar-refractivity contribution in [3.05, 3.63) is 91.0 Å². The van der Waals surface area contributed by atoms with Gasteiger partial charge in [-0.25, -0.2) is 0 Å². The van der Waals surface area contributed by atoms with Gasteiger partial charge >= 0.3 is 57.4 Å². The van der Waals surface area contributed by atoms with Crippen LogP contribution in [0, 0.1) is 0 Å². The first-order chi connectivity index (χ1) is 11.2. The number of hydrogen-bond donors (Lipinski definition) is 1. The Labute approximate surface area is 186 Å². The molecule has 118 valence electrons. The normalized spacial score (nSPS) is 11.3. The second-order valence-corrected chi connectivity index (χ2v) is 8.40. The first kappa shape index (κ1) is 19.4. The summed E-state index contributed by atoms with van der Waals surface area (Å²) >= 11 is 0. The summed E-state index contributed by atoms with van der Waals surface area (Å²) in [5.74, 6) is -0.693. The molecule has 0 aliphatic carbocycles. The van der Waals surface area contributed by atoms with Crippen molar-refractivity contribution in [3.63, 3.8) is 0 Å². The fourth-order valence-electron chi connectivity index (χ4n) is 2.80. The predicted molar refractivity (Wildman–Crippen MR) is 101 cm³/mol. The molecule has 0 aliphatic rings. The van der Waals surface area contributed by atoms with Crippen LogP contribution in [0.25, 0.3) is 0 Å². The number of aliphatic carboxylic acids is 1. The third kappa shape index (κ3) is 4.02. The number of carboxylic acid groups (broad SMARTS) is 1. The molecule has 0 heterocycles. The van der Waals surface area contributed by atoms with Crippen molar-refractivity contribution in [3.8, 4) is 0 Å². The molecule has 0 saturated carbocycles. The van der Waals surface area contributed by atoms with Gasteiger partial charge in [-0.3, -0.25) is 4.79 Å². The zero-order chi connectivity index (χ0) is 16.1. The standard InChI is InChI=1S/C20H18O2S.K.H/c21-20(22)16-23(17-10-4-1-5-11-17,18-12-6-2-7-13-18)19-14-8-3-9-15-19;;/h1-15H,16H2,(H,21,22);;. The van der Waals surface area contributed by atoms with E-state index in [1.807, 2.05) is 91.0 Å². The van der Waals surface area contributed by atoms with E-state index in [-0.39, 0.29) is 57.1 Å². The predicted octanol–water partition coefficient (Wildman–Crippen LogP) is 4.40. The van der Waals surface area contributed by atoms with Crippen LogP contribution in [-0.4, -0.2) is 68.2 Å². The van der Waals surface area contributed by atoms with Crippen LogP contribution in [0.5, 0.6) is 0 Å². The van der Waals surface area contributed by atoms with Crippen LogP contribution >= 0.6 is 10.0 Å². The zero-order valence-electron chi connectivity index (χ0n) is 12.6. The quantitative estimate of drug-likeness (QED) is 0.683. The first-order valence-corrected chi connectivity index (χ1v) is 9.22. The SMILES string of the molecule is O=C(O)CS(c1ccccc1)(c1ccccc1)c1ccccc1.[KH]. The van der Waals surface area contributed by atoms with Gasteiger partial charge in [0, 0.05) is 0 Å². The van der Waals surface area contributed by atoms with Gasteiger partial charge in [0.2, 0.25) is 0 Å². The number of rotatable bonds is 5. The Hall–Kier alpha value is -0.884. The van der Waals surface area contributed by atoms with E-state index in [2.05, 4.69) is 0 Å². The zero-order valence-corrected chi connectivity index (χ0v) is 13.4. The molecule has 3 rings (SSSR count). The molecule has 0 spiro atoms. The monoisotopic (exact) mass is 362 g/mol. The minimum absolute atomic E-state index is 0. The fourth-order valence-corrected chi connectivity index (χ4v) is 6.35. The van der Waals surface area contributed by atoms with E-state index in [0.717, 1.165) is 14.7 Å². The van der Waals surface area contributed by atoms with Crippen LogP contribution in [0.3, 0.4) is 0 Å². The average molecular weight is 363 g/mol. The Morgan fingerprint density at radius 1 is 0.667 bits per heavy atom. The van der Waals surface area contributed by atoms with Gasteiger partial charge in [0.1, 0.15) is 0 Å². The number of carbonyl (C=O) groups is 1. The molecule has 2 nitrogen and oxygen atoms in total. The maximum atomic E-state index is 11.8. The number of benzene rings is 3. The molecule has 0 atom stereocenters. The van der Waals surface area contributed by atoms with Gasteiger partial charge < -0.3 is 5.11 Å². The van der Waals surface area contributed by atoms with Crippen LogP contribution in [-0.2, 0) is 4.79 Å².